The number of hydrogen-bond acceptors (Lipinski definition) is 2. The molecule has 1 aromatic heterocycles. The van der Waals surface area contributed by atoms with Crippen molar-refractivity contribution in [3.05, 3.63) is 42.9 Å². The first-order chi connectivity index (χ1) is 5.92. The molecule has 1 heterocycles. The lowest BCUT2D eigenvalue weighted by Gasteiger charge is -1.97. The van der Waals surface area contributed by atoms with Crippen LogP contribution in [0.25, 0.3) is 17.0 Å². The summed E-state index contributed by atoms with van der Waals surface area (Å²) in [6.45, 7) is 3.69. The fraction of sp³-hybridized carbons (Fsp3) is 0. The van der Waals surface area contributed by atoms with Crippen LogP contribution >= 0.6 is 0 Å². The lowest BCUT2D eigenvalue weighted by molar-refractivity contribution is 1.21. The minimum absolute atomic E-state index is 0.889. The van der Waals surface area contributed by atoms with Crippen LogP contribution in [0.5, 0.6) is 0 Å². The van der Waals surface area contributed by atoms with Crippen LogP contribution in [0.1, 0.15) is 5.69 Å². The van der Waals surface area contributed by atoms with Crippen molar-refractivity contribution in [1.82, 2.24) is 9.97 Å². The molecule has 0 saturated carbocycles. The van der Waals surface area contributed by atoms with Gasteiger partial charge in [0.2, 0.25) is 0 Å². The molecule has 0 fully saturated rings. The maximum absolute atomic E-state index is 4.13. The number of rotatable bonds is 1. The van der Waals surface area contributed by atoms with Gasteiger partial charge in [0.25, 0.3) is 0 Å². The second-order valence-electron chi connectivity index (χ2n) is 2.48. The van der Waals surface area contributed by atoms with E-state index in [0.717, 1.165) is 16.6 Å². The van der Waals surface area contributed by atoms with Gasteiger partial charge in [0, 0.05) is 5.39 Å². The molecule has 0 bridgehead atoms. The van der Waals surface area contributed by atoms with Crippen molar-refractivity contribution in [3.8, 4) is 0 Å². The molecule has 0 amide bonds. The maximum atomic E-state index is 4.13. The molecular weight excluding hydrogens is 148 g/mol. The van der Waals surface area contributed by atoms with E-state index in [9.17, 15) is 0 Å². The molecular formula is C10H8N2. The molecule has 2 aromatic rings. The minimum Gasteiger partial charge on any atom is -0.236 e. The molecule has 0 saturated heterocycles. The van der Waals surface area contributed by atoms with E-state index in [1.807, 2.05) is 24.3 Å². The Balaban J connectivity index is 2.88. The molecule has 0 aliphatic rings. The van der Waals surface area contributed by atoms with E-state index < -0.39 is 0 Å². The lowest BCUT2D eigenvalue weighted by atomic mass is 10.2. The zero-order chi connectivity index (χ0) is 8.39. The summed E-state index contributed by atoms with van der Waals surface area (Å²) in [5, 5.41) is 1.05. The number of aromatic nitrogens is 2. The van der Waals surface area contributed by atoms with E-state index in [1.165, 1.54) is 0 Å². The van der Waals surface area contributed by atoms with E-state index >= 15 is 0 Å². The Morgan fingerprint density at radius 2 is 2.00 bits per heavy atom. The van der Waals surface area contributed by atoms with Gasteiger partial charge in [0.1, 0.15) is 6.33 Å². The van der Waals surface area contributed by atoms with Crippen LogP contribution in [0, 0.1) is 0 Å². The van der Waals surface area contributed by atoms with Crippen molar-refractivity contribution < 1.29 is 0 Å². The largest absolute Gasteiger partial charge is 0.236 e. The fourth-order valence-corrected chi connectivity index (χ4v) is 1.19. The van der Waals surface area contributed by atoms with Gasteiger partial charge >= 0.3 is 0 Å². The van der Waals surface area contributed by atoms with Crippen LogP contribution in [0.2, 0.25) is 0 Å². The molecule has 0 radical (unpaired) electrons. The quantitative estimate of drug-likeness (QED) is 0.633. The van der Waals surface area contributed by atoms with E-state index in [0.29, 0.717) is 0 Å². The van der Waals surface area contributed by atoms with Crippen molar-refractivity contribution in [2.75, 3.05) is 0 Å². The highest BCUT2D eigenvalue weighted by molar-refractivity contribution is 5.85. The van der Waals surface area contributed by atoms with Crippen LogP contribution in [-0.4, -0.2) is 9.97 Å². The van der Waals surface area contributed by atoms with Gasteiger partial charge in [0.15, 0.2) is 0 Å². The molecule has 58 valence electrons. The standard InChI is InChI=1S/C10H8N2/c1-2-9-8-5-3-4-6-10(8)12-7-11-9/h2-7H,1H2. The van der Waals surface area contributed by atoms with Gasteiger partial charge in [-0.3, -0.25) is 0 Å². The summed E-state index contributed by atoms with van der Waals surface area (Å²) in [7, 11) is 0. The number of hydrogen-bond donors (Lipinski definition) is 0. The summed E-state index contributed by atoms with van der Waals surface area (Å²) in [5.41, 5.74) is 1.85. The second kappa shape index (κ2) is 2.74. The van der Waals surface area contributed by atoms with Gasteiger partial charge in [-0.2, -0.15) is 0 Å². The average molecular weight is 156 g/mol. The fourth-order valence-electron chi connectivity index (χ4n) is 1.19. The summed E-state index contributed by atoms with van der Waals surface area (Å²) in [6.07, 6.45) is 3.30. The highest BCUT2D eigenvalue weighted by atomic mass is 14.8. The van der Waals surface area contributed by atoms with Crippen LogP contribution in [0.15, 0.2) is 37.2 Å². The molecule has 0 aliphatic heterocycles. The SMILES string of the molecule is C=Cc1ncnc2ccccc12. The van der Waals surface area contributed by atoms with E-state index in [-0.39, 0.29) is 0 Å². The first-order valence-corrected chi connectivity index (χ1v) is 3.74. The van der Waals surface area contributed by atoms with E-state index in [4.69, 9.17) is 0 Å². The molecule has 2 rings (SSSR count). The molecule has 0 N–H and O–H groups in total. The van der Waals surface area contributed by atoms with E-state index in [2.05, 4.69) is 16.5 Å². The van der Waals surface area contributed by atoms with Gasteiger partial charge in [-0.25, -0.2) is 9.97 Å². The third-order valence-corrected chi connectivity index (χ3v) is 1.77. The van der Waals surface area contributed by atoms with Crippen molar-refractivity contribution in [2.45, 2.75) is 0 Å². The summed E-state index contributed by atoms with van der Waals surface area (Å²) < 4.78 is 0. The monoisotopic (exact) mass is 156 g/mol. The first-order valence-electron chi connectivity index (χ1n) is 3.74. The zero-order valence-corrected chi connectivity index (χ0v) is 6.57. The maximum Gasteiger partial charge on any atom is 0.116 e. The first kappa shape index (κ1) is 6.98. The lowest BCUT2D eigenvalue weighted by Crippen LogP contribution is -1.85. The Kier molecular flexibility index (Phi) is 1.59. The molecule has 0 atom stereocenters. The zero-order valence-electron chi connectivity index (χ0n) is 6.57. The predicted octanol–water partition coefficient (Wildman–Crippen LogP) is 2.27. The number of benzene rings is 1. The highest BCUT2D eigenvalue weighted by Crippen LogP contribution is 2.13. The predicted molar refractivity (Wildman–Crippen MR) is 49.6 cm³/mol. The number of nitrogens with zero attached hydrogens (tertiary/aromatic N) is 2. The van der Waals surface area contributed by atoms with Crippen LogP contribution in [0.4, 0.5) is 0 Å². The number of para-hydroxylation sites is 1. The molecule has 0 spiro atoms. The molecule has 2 nitrogen and oxygen atoms in total. The summed E-state index contributed by atoms with van der Waals surface area (Å²) in [4.78, 5) is 8.23. The molecule has 2 heteroatoms. The van der Waals surface area contributed by atoms with Crippen molar-refractivity contribution in [2.24, 2.45) is 0 Å². The average Bonchev–Trinajstić information content (AvgIpc) is 2.17. The normalized spacial score (nSPS) is 10.0. The third-order valence-electron chi connectivity index (χ3n) is 1.77. The van der Waals surface area contributed by atoms with Crippen molar-refractivity contribution in [3.63, 3.8) is 0 Å². The summed E-state index contributed by atoms with van der Waals surface area (Å²) >= 11 is 0. The Bertz CT molecular complexity index is 416. The van der Waals surface area contributed by atoms with Crippen molar-refractivity contribution >= 4 is 17.0 Å². The highest BCUT2D eigenvalue weighted by Gasteiger charge is 1.96. The minimum atomic E-state index is 0.889. The van der Waals surface area contributed by atoms with Crippen LogP contribution < -0.4 is 0 Å². The summed E-state index contributed by atoms with van der Waals surface area (Å²) in [6, 6.07) is 7.89. The topological polar surface area (TPSA) is 25.8 Å². The second-order valence-corrected chi connectivity index (χ2v) is 2.48. The Morgan fingerprint density at radius 3 is 2.83 bits per heavy atom. The van der Waals surface area contributed by atoms with Crippen LogP contribution in [-0.2, 0) is 0 Å². The van der Waals surface area contributed by atoms with E-state index in [1.54, 1.807) is 12.4 Å². The van der Waals surface area contributed by atoms with Gasteiger partial charge in [0.05, 0.1) is 11.2 Å². The Morgan fingerprint density at radius 1 is 1.17 bits per heavy atom. The third kappa shape index (κ3) is 0.975. The number of fused-ring (bicyclic) bond motifs is 1. The van der Waals surface area contributed by atoms with Gasteiger partial charge < -0.3 is 0 Å². The van der Waals surface area contributed by atoms with Gasteiger partial charge in [-0.15, -0.1) is 0 Å². The molecule has 1 aromatic carbocycles. The smallest absolute Gasteiger partial charge is 0.116 e. The van der Waals surface area contributed by atoms with Crippen LogP contribution in [0.3, 0.4) is 0 Å². The Labute approximate surface area is 70.6 Å². The summed E-state index contributed by atoms with van der Waals surface area (Å²) in [5.74, 6) is 0. The molecule has 12 heavy (non-hydrogen) atoms. The van der Waals surface area contributed by atoms with Crippen molar-refractivity contribution in [1.29, 1.82) is 0 Å². The Hall–Kier alpha value is -1.70. The van der Waals surface area contributed by atoms with Gasteiger partial charge in [-0.1, -0.05) is 24.8 Å². The van der Waals surface area contributed by atoms with Gasteiger partial charge in [-0.05, 0) is 12.1 Å². The molecule has 0 aliphatic carbocycles. The molecule has 0 unspecified atom stereocenters.